The van der Waals surface area contributed by atoms with Crippen LogP contribution >= 0.6 is 0 Å². The molecule has 168 valence electrons. The lowest BCUT2D eigenvalue weighted by molar-refractivity contribution is -0.137. The van der Waals surface area contributed by atoms with E-state index >= 15 is 0 Å². The molecule has 1 aliphatic carbocycles. The zero-order valence-electron chi connectivity index (χ0n) is 18.7. The Kier molecular flexibility index (Phi) is 7.20. The minimum Gasteiger partial charge on any atom is -0.495 e. The number of methoxy groups -OCH3 is 1. The molecule has 1 aromatic carbocycles. The van der Waals surface area contributed by atoms with Gasteiger partial charge in [-0.15, -0.1) is 0 Å². The number of pyridine rings is 1. The highest BCUT2D eigenvalue weighted by molar-refractivity contribution is 5.68. The van der Waals surface area contributed by atoms with Gasteiger partial charge in [-0.05, 0) is 79.3 Å². The van der Waals surface area contributed by atoms with Gasteiger partial charge >= 0.3 is 5.97 Å². The van der Waals surface area contributed by atoms with Crippen molar-refractivity contribution >= 4 is 5.97 Å². The summed E-state index contributed by atoms with van der Waals surface area (Å²) in [6.07, 6.45) is 14.1. The Morgan fingerprint density at radius 2 is 1.94 bits per heavy atom. The summed E-state index contributed by atoms with van der Waals surface area (Å²) in [7, 11) is 1.58. The number of benzene rings is 1. The van der Waals surface area contributed by atoms with Gasteiger partial charge < -0.3 is 9.84 Å². The lowest BCUT2D eigenvalue weighted by Crippen LogP contribution is -2.19. The molecular formula is C26H31N3O3. The van der Waals surface area contributed by atoms with Gasteiger partial charge in [0.25, 0.3) is 0 Å². The normalized spacial score (nSPS) is 14.4. The summed E-state index contributed by atoms with van der Waals surface area (Å²) in [6, 6.07) is 10.4. The van der Waals surface area contributed by atoms with E-state index in [9.17, 15) is 9.90 Å². The second-order valence-corrected chi connectivity index (χ2v) is 8.56. The first-order chi connectivity index (χ1) is 15.6. The van der Waals surface area contributed by atoms with Gasteiger partial charge in [-0.25, -0.2) is 0 Å². The van der Waals surface area contributed by atoms with Crippen LogP contribution in [0, 0.1) is 0 Å². The van der Waals surface area contributed by atoms with Crippen molar-refractivity contribution in [3.8, 4) is 5.75 Å². The molecular weight excluding hydrogens is 402 g/mol. The summed E-state index contributed by atoms with van der Waals surface area (Å²) in [4.78, 5) is 15.8. The van der Waals surface area contributed by atoms with Gasteiger partial charge in [0.2, 0.25) is 0 Å². The van der Waals surface area contributed by atoms with Gasteiger partial charge in [-0.2, -0.15) is 5.10 Å². The molecule has 6 nitrogen and oxygen atoms in total. The maximum Gasteiger partial charge on any atom is 0.305 e. The summed E-state index contributed by atoms with van der Waals surface area (Å²) < 4.78 is 7.11. The number of carboxylic acid groups (broad SMARTS) is 1. The van der Waals surface area contributed by atoms with Gasteiger partial charge in [0.05, 0.1) is 25.8 Å². The van der Waals surface area contributed by atoms with E-state index < -0.39 is 12.0 Å². The minimum atomic E-state index is -0.871. The van der Waals surface area contributed by atoms with Crippen molar-refractivity contribution in [3.63, 3.8) is 0 Å². The third-order valence-corrected chi connectivity index (χ3v) is 6.33. The zero-order valence-corrected chi connectivity index (χ0v) is 18.7. The number of fused-ring (bicyclic) bond motifs is 1. The van der Waals surface area contributed by atoms with Crippen LogP contribution in [0.5, 0.6) is 5.75 Å². The van der Waals surface area contributed by atoms with Crippen molar-refractivity contribution in [2.75, 3.05) is 7.11 Å². The second kappa shape index (κ2) is 10.4. The molecule has 4 rings (SSSR count). The number of aromatic nitrogens is 3. The number of hydrogen-bond acceptors (Lipinski definition) is 4. The van der Waals surface area contributed by atoms with Gasteiger partial charge in [-0.1, -0.05) is 24.6 Å². The molecule has 1 aliphatic rings. The molecule has 0 amide bonds. The van der Waals surface area contributed by atoms with Crippen molar-refractivity contribution in [3.05, 3.63) is 76.9 Å². The van der Waals surface area contributed by atoms with Gasteiger partial charge in [-0.3, -0.25) is 14.5 Å². The second-order valence-electron chi connectivity index (χ2n) is 8.56. The molecule has 32 heavy (non-hydrogen) atoms. The van der Waals surface area contributed by atoms with Gasteiger partial charge in [0.1, 0.15) is 5.75 Å². The molecule has 0 fully saturated rings. The predicted molar refractivity (Wildman–Crippen MR) is 123 cm³/mol. The van der Waals surface area contributed by atoms with E-state index in [-0.39, 0.29) is 6.42 Å². The number of carbonyl (C=O) groups is 1. The van der Waals surface area contributed by atoms with Crippen LogP contribution in [0.2, 0.25) is 0 Å². The fraction of sp³-hybridized carbons (Fsp3) is 0.423. The highest BCUT2D eigenvalue weighted by Gasteiger charge is 2.21. The lowest BCUT2D eigenvalue weighted by Gasteiger charge is -2.19. The molecule has 0 aliphatic heterocycles. The van der Waals surface area contributed by atoms with Crippen molar-refractivity contribution in [1.29, 1.82) is 0 Å². The zero-order chi connectivity index (χ0) is 22.3. The van der Waals surface area contributed by atoms with Crippen molar-refractivity contribution in [2.24, 2.45) is 0 Å². The Morgan fingerprint density at radius 3 is 2.75 bits per heavy atom. The number of aryl methyl sites for hydroxylation is 4. The van der Waals surface area contributed by atoms with Crippen LogP contribution in [0.3, 0.4) is 0 Å². The Balaban J connectivity index is 1.47. The molecule has 1 unspecified atom stereocenters. The first kappa shape index (κ1) is 22.1. The van der Waals surface area contributed by atoms with Crippen molar-refractivity contribution in [1.82, 2.24) is 14.8 Å². The summed E-state index contributed by atoms with van der Waals surface area (Å²) in [6.45, 7) is 0. The Morgan fingerprint density at radius 1 is 1.09 bits per heavy atom. The SMILES string of the molecule is COc1cncc(C(CC(=O)O)n2nccc2CCCc2ccc3c(c2)CCCCC3)c1. The Bertz CT molecular complexity index is 1060. The Hall–Kier alpha value is -3.15. The fourth-order valence-electron chi connectivity index (χ4n) is 4.65. The molecule has 1 N–H and O–H groups in total. The summed E-state index contributed by atoms with van der Waals surface area (Å²) >= 11 is 0. The van der Waals surface area contributed by atoms with E-state index in [2.05, 4.69) is 28.3 Å². The first-order valence-corrected chi connectivity index (χ1v) is 11.5. The largest absolute Gasteiger partial charge is 0.495 e. The fourth-order valence-corrected chi connectivity index (χ4v) is 4.65. The number of carboxylic acids is 1. The molecule has 2 aromatic heterocycles. The van der Waals surface area contributed by atoms with E-state index in [0.29, 0.717) is 5.75 Å². The average Bonchev–Trinajstić information content (AvgIpc) is 3.13. The molecule has 0 saturated heterocycles. The highest BCUT2D eigenvalue weighted by Crippen LogP contribution is 2.27. The highest BCUT2D eigenvalue weighted by atomic mass is 16.5. The lowest BCUT2D eigenvalue weighted by atomic mass is 9.97. The monoisotopic (exact) mass is 433 g/mol. The number of nitrogens with zero attached hydrogens (tertiary/aromatic N) is 3. The van der Waals surface area contributed by atoms with E-state index in [0.717, 1.165) is 30.5 Å². The van der Waals surface area contributed by atoms with Crippen LogP contribution in [-0.2, 0) is 30.5 Å². The molecule has 0 spiro atoms. The van der Waals surface area contributed by atoms with Crippen LogP contribution in [0.4, 0.5) is 0 Å². The Labute approximate surface area is 189 Å². The van der Waals surface area contributed by atoms with E-state index in [1.54, 1.807) is 25.7 Å². The smallest absolute Gasteiger partial charge is 0.305 e. The summed E-state index contributed by atoms with van der Waals surface area (Å²) in [5, 5.41) is 14.0. The number of hydrogen-bond donors (Lipinski definition) is 1. The maximum atomic E-state index is 11.6. The number of aliphatic carboxylic acids is 1. The molecule has 2 heterocycles. The molecule has 0 bridgehead atoms. The quantitative estimate of drug-likeness (QED) is 0.491. The van der Waals surface area contributed by atoms with E-state index in [1.807, 2.05) is 16.8 Å². The van der Waals surface area contributed by atoms with Gasteiger partial charge in [0.15, 0.2) is 0 Å². The molecule has 3 aromatic rings. The van der Waals surface area contributed by atoms with E-state index in [1.165, 1.54) is 48.8 Å². The third-order valence-electron chi connectivity index (χ3n) is 6.33. The van der Waals surface area contributed by atoms with Crippen LogP contribution in [0.15, 0.2) is 48.9 Å². The molecule has 6 heteroatoms. The van der Waals surface area contributed by atoms with Crippen molar-refractivity contribution in [2.45, 2.75) is 63.8 Å². The first-order valence-electron chi connectivity index (χ1n) is 11.5. The maximum absolute atomic E-state index is 11.6. The van der Waals surface area contributed by atoms with Gasteiger partial charge in [0, 0.05) is 18.1 Å². The summed E-state index contributed by atoms with van der Waals surface area (Å²) in [5.41, 5.74) is 6.25. The number of ether oxygens (including phenoxy) is 1. The van der Waals surface area contributed by atoms with Crippen LogP contribution < -0.4 is 4.74 Å². The third kappa shape index (κ3) is 5.36. The average molecular weight is 434 g/mol. The summed E-state index contributed by atoms with van der Waals surface area (Å²) in [5.74, 6) is -0.265. The standard InChI is InChI=1S/C26H31N3O3/c1-32-24-15-22(17-27-18-24)25(16-26(30)31)29-23(12-13-28-29)9-5-6-19-10-11-20-7-3-2-4-8-21(20)14-19/h10-15,17-18,25H,2-9,16H2,1H3,(H,30,31). The predicted octanol–water partition coefficient (Wildman–Crippen LogP) is 4.80. The molecule has 0 radical (unpaired) electrons. The minimum absolute atomic E-state index is 0.0612. The molecule has 1 atom stereocenters. The molecule has 0 saturated carbocycles. The topological polar surface area (TPSA) is 77.2 Å². The van der Waals surface area contributed by atoms with Crippen LogP contribution in [0.25, 0.3) is 0 Å². The van der Waals surface area contributed by atoms with E-state index in [4.69, 9.17) is 4.74 Å². The van der Waals surface area contributed by atoms with Crippen LogP contribution in [0.1, 0.15) is 66.1 Å². The van der Waals surface area contributed by atoms with Crippen LogP contribution in [-0.4, -0.2) is 33.0 Å². The number of rotatable bonds is 9. The van der Waals surface area contributed by atoms with Crippen molar-refractivity contribution < 1.29 is 14.6 Å².